The van der Waals surface area contributed by atoms with E-state index in [-0.39, 0.29) is 12.3 Å². The molecular weight excluding hydrogens is 360 g/mol. The van der Waals surface area contributed by atoms with Gasteiger partial charge in [-0.1, -0.05) is 11.6 Å². The molecule has 0 radical (unpaired) electrons. The first-order valence-corrected chi connectivity index (χ1v) is 8.59. The average Bonchev–Trinajstić information content (AvgIpc) is 2.99. The summed E-state index contributed by atoms with van der Waals surface area (Å²) in [5.41, 5.74) is 6.47. The van der Waals surface area contributed by atoms with Gasteiger partial charge in [0.2, 0.25) is 5.91 Å². The number of fused-ring (bicyclic) bond motifs is 1. The zero-order valence-electron chi connectivity index (χ0n) is 13.8. The van der Waals surface area contributed by atoms with Crippen LogP contribution >= 0.6 is 11.6 Å². The zero-order chi connectivity index (χ0) is 18.8. The smallest absolute Gasteiger partial charge is 0.404 e. The molecule has 1 heterocycles. The average molecular weight is 379 g/mol. The van der Waals surface area contributed by atoms with E-state index in [1.54, 1.807) is 24.3 Å². The van der Waals surface area contributed by atoms with Gasteiger partial charge in [-0.05, 0) is 43.5 Å². The Bertz CT molecular complexity index is 866. The van der Waals surface area contributed by atoms with Gasteiger partial charge in [-0.15, -0.1) is 0 Å². The Morgan fingerprint density at radius 2 is 1.92 bits per heavy atom. The second-order valence-corrected chi connectivity index (χ2v) is 6.90. The Labute approximate surface area is 154 Å². The third kappa shape index (κ3) is 3.91. The number of aromatic amines is 1. The molecule has 0 bridgehead atoms. The van der Waals surface area contributed by atoms with Crippen molar-refractivity contribution in [2.24, 2.45) is 11.7 Å². The fourth-order valence-corrected chi connectivity index (χ4v) is 3.57. The Morgan fingerprint density at radius 1 is 1.15 bits per heavy atom. The van der Waals surface area contributed by atoms with Gasteiger partial charge in [-0.2, -0.15) is 0 Å². The molecule has 1 aliphatic rings. The monoisotopic (exact) mass is 378 g/mol. The van der Waals surface area contributed by atoms with Crippen molar-refractivity contribution in [3.8, 4) is 0 Å². The molecule has 9 heteroatoms. The lowest BCUT2D eigenvalue weighted by molar-refractivity contribution is -0.123. The number of H-pyrrole nitrogens is 1. The number of amides is 3. The lowest BCUT2D eigenvalue weighted by Crippen LogP contribution is -2.55. The van der Waals surface area contributed by atoms with Gasteiger partial charge in [0.05, 0.1) is 6.04 Å². The minimum Gasteiger partial charge on any atom is -0.465 e. The molecule has 138 valence electrons. The van der Waals surface area contributed by atoms with Crippen LogP contribution in [0.2, 0.25) is 5.02 Å². The second kappa shape index (κ2) is 7.25. The van der Waals surface area contributed by atoms with Gasteiger partial charge in [0, 0.05) is 27.9 Å². The third-order valence-electron chi connectivity index (χ3n) is 4.71. The fourth-order valence-electron chi connectivity index (χ4n) is 3.39. The Balaban J connectivity index is 1.75. The molecule has 1 aliphatic carbocycles. The van der Waals surface area contributed by atoms with E-state index in [4.69, 9.17) is 22.4 Å². The molecule has 6 N–H and O–H groups in total. The van der Waals surface area contributed by atoms with Crippen molar-refractivity contribution in [2.75, 3.05) is 0 Å². The van der Waals surface area contributed by atoms with Crippen LogP contribution < -0.4 is 16.4 Å². The van der Waals surface area contributed by atoms with Crippen molar-refractivity contribution in [3.63, 3.8) is 0 Å². The molecule has 0 saturated heterocycles. The number of aromatic nitrogens is 1. The third-order valence-corrected chi connectivity index (χ3v) is 4.94. The Morgan fingerprint density at radius 3 is 2.62 bits per heavy atom. The summed E-state index contributed by atoms with van der Waals surface area (Å²) in [5.74, 6) is -1.22. The highest BCUT2D eigenvalue weighted by Crippen LogP contribution is 2.25. The van der Waals surface area contributed by atoms with Crippen molar-refractivity contribution in [1.82, 2.24) is 15.6 Å². The van der Waals surface area contributed by atoms with Crippen LogP contribution in [0, 0.1) is 5.92 Å². The van der Waals surface area contributed by atoms with Crippen molar-refractivity contribution in [2.45, 2.75) is 31.3 Å². The summed E-state index contributed by atoms with van der Waals surface area (Å²) in [6.07, 6.45) is 0.00523. The van der Waals surface area contributed by atoms with Crippen LogP contribution in [0.1, 0.15) is 29.8 Å². The maximum atomic E-state index is 12.6. The maximum absolute atomic E-state index is 12.6. The molecule has 0 unspecified atom stereocenters. The van der Waals surface area contributed by atoms with Gasteiger partial charge in [0.25, 0.3) is 5.91 Å². The Kier molecular flexibility index (Phi) is 5.03. The van der Waals surface area contributed by atoms with Crippen LogP contribution in [0.4, 0.5) is 4.79 Å². The summed E-state index contributed by atoms with van der Waals surface area (Å²) < 4.78 is 0. The Hall–Kier alpha value is -2.74. The number of hydrogen-bond acceptors (Lipinski definition) is 3. The van der Waals surface area contributed by atoms with Gasteiger partial charge in [-0.25, -0.2) is 4.79 Å². The van der Waals surface area contributed by atoms with Crippen LogP contribution in [0.5, 0.6) is 0 Å². The van der Waals surface area contributed by atoms with Gasteiger partial charge in [-0.3, -0.25) is 9.59 Å². The maximum Gasteiger partial charge on any atom is 0.404 e. The molecule has 1 aromatic carbocycles. The van der Waals surface area contributed by atoms with Gasteiger partial charge in [0.15, 0.2) is 0 Å². The SMILES string of the molecule is NC(=O)[C@H]1CC[C@H](NC(=O)c2cc3cc(Cl)ccc3[nH]2)[C@H](NC(=O)O)C1. The first-order valence-electron chi connectivity index (χ1n) is 8.21. The first-order chi connectivity index (χ1) is 12.3. The number of hydrogen-bond donors (Lipinski definition) is 5. The van der Waals surface area contributed by atoms with Crippen LogP contribution in [-0.4, -0.2) is 40.1 Å². The number of nitrogens with two attached hydrogens (primary N) is 1. The number of halogens is 1. The standard InChI is InChI=1S/C17H19ClN4O4/c18-10-2-4-11-9(5-10)7-14(20-11)16(24)21-12-3-1-8(15(19)23)6-13(12)22-17(25)26/h2,4-5,7-8,12-13,20,22H,1,3,6H2,(H2,19,23)(H,21,24)(H,25,26)/t8-,12-,13+/m0/s1. The molecule has 3 rings (SSSR count). The van der Waals surface area contributed by atoms with Gasteiger partial charge < -0.3 is 26.5 Å². The zero-order valence-corrected chi connectivity index (χ0v) is 14.5. The van der Waals surface area contributed by atoms with Gasteiger partial charge in [0.1, 0.15) is 5.69 Å². The highest BCUT2D eigenvalue weighted by Gasteiger charge is 2.35. The summed E-state index contributed by atoms with van der Waals surface area (Å²) in [7, 11) is 0. The largest absolute Gasteiger partial charge is 0.465 e. The van der Waals surface area contributed by atoms with E-state index >= 15 is 0 Å². The number of rotatable bonds is 4. The van der Waals surface area contributed by atoms with E-state index in [2.05, 4.69) is 15.6 Å². The number of benzene rings is 1. The molecule has 8 nitrogen and oxygen atoms in total. The molecule has 2 aromatic rings. The normalized spacial score (nSPS) is 22.7. The minimum atomic E-state index is -1.21. The van der Waals surface area contributed by atoms with Crippen LogP contribution in [0.3, 0.4) is 0 Å². The van der Waals surface area contributed by atoms with E-state index in [0.29, 0.717) is 23.6 Å². The highest BCUT2D eigenvalue weighted by molar-refractivity contribution is 6.31. The molecule has 1 aromatic heterocycles. The van der Waals surface area contributed by atoms with Crippen LogP contribution in [-0.2, 0) is 4.79 Å². The number of primary amides is 1. The number of carbonyl (C=O) groups is 3. The molecule has 26 heavy (non-hydrogen) atoms. The summed E-state index contributed by atoms with van der Waals surface area (Å²) >= 11 is 5.95. The van der Waals surface area contributed by atoms with Crippen molar-refractivity contribution in [1.29, 1.82) is 0 Å². The lowest BCUT2D eigenvalue weighted by Gasteiger charge is -2.35. The minimum absolute atomic E-state index is 0.259. The van der Waals surface area contributed by atoms with E-state index in [0.717, 1.165) is 10.9 Å². The fraction of sp³-hybridized carbons (Fsp3) is 0.353. The molecule has 3 atom stereocenters. The second-order valence-electron chi connectivity index (χ2n) is 6.46. The number of carbonyl (C=O) groups excluding carboxylic acids is 2. The molecule has 1 fully saturated rings. The summed E-state index contributed by atoms with van der Waals surface area (Å²) in [6.45, 7) is 0. The van der Waals surface area contributed by atoms with E-state index < -0.39 is 30.0 Å². The van der Waals surface area contributed by atoms with E-state index in [9.17, 15) is 14.4 Å². The molecule has 0 aliphatic heterocycles. The van der Waals surface area contributed by atoms with Crippen LogP contribution in [0.25, 0.3) is 10.9 Å². The molecule has 0 spiro atoms. The van der Waals surface area contributed by atoms with Crippen LogP contribution in [0.15, 0.2) is 24.3 Å². The highest BCUT2D eigenvalue weighted by atomic mass is 35.5. The topological polar surface area (TPSA) is 137 Å². The first kappa shape index (κ1) is 18.1. The van der Waals surface area contributed by atoms with Gasteiger partial charge >= 0.3 is 6.09 Å². The molecular formula is C17H19ClN4O4. The summed E-state index contributed by atoms with van der Waals surface area (Å²) in [6, 6.07) is 5.93. The number of carboxylic acid groups (broad SMARTS) is 1. The molecule has 3 amide bonds. The van der Waals surface area contributed by atoms with E-state index in [1.807, 2.05) is 0 Å². The summed E-state index contributed by atoms with van der Waals surface area (Å²) in [4.78, 5) is 38.0. The van der Waals surface area contributed by atoms with E-state index in [1.165, 1.54) is 0 Å². The lowest BCUT2D eigenvalue weighted by atomic mass is 9.82. The summed E-state index contributed by atoms with van der Waals surface area (Å²) in [5, 5.41) is 15.6. The van der Waals surface area contributed by atoms with Crippen molar-refractivity contribution < 1.29 is 19.5 Å². The predicted molar refractivity (Wildman–Crippen MR) is 96.0 cm³/mol. The predicted octanol–water partition coefficient (Wildman–Crippen LogP) is 1.84. The van der Waals surface area contributed by atoms with Crippen molar-refractivity contribution in [3.05, 3.63) is 35.0 Å². The number of nitrogens with one attached hydrogen (secondary N) is 3. The van der Waals surface area contributed by atoms with Crippen molar-refractivity contribution >= 4 is 40.4 Å². The quantitative estimate of drug-likeness (QED) is 0.554. The molecule has 1 saturated carbocycles.